The summed E-state index contributed by atoms with van der Waals surface area (Å²) < 4.78 is 13.1. The van der Waals surface area contributed by atoms with Crippen molar-refractivity contribution in [1.82, 2.24) is 0 Å². The molecule has 4 nitrogen and oxygen atoms in total. The Kier molecular flexibility index (Phi) is 4.45. The van der Waals surface area contributed by atoms with E-state index in [2.05, 4.69) is 0 Å². The zero-order valence-electron chi connectivity index (χ0n) is 9.02. The highest BCUT2D eigenvalue weighted by Crippen LogP contribution is 2.30. The summed E-state index contributed by atoms with van der Waals surface area (Å²) in [6.07, 6.45) is -3.57. The van der Waals surface area contributed by atoms with Crippen LogP contribution in [0.3, 0.4) is 0 Å². The Balaban J connectivity index is 3.00. The van der Waals surface area contributed by atoms with E-state index in [9.17, 15) is 19.4 Å². The Morgan fingerprint density at radius 1 is 1.47 bits per heavy atom. The van der Waals surface area contributed by atoms with Crippen molar-refractivity contribution in [2.45, 2.75) is 25.6 Å². The van der Waals surface area contributed by atoms with Crippen molar-refractivity contribution in [2.24, 2.45) is 0 Å². The highest BCUT2D eigenvalue weighted by Gasteiger charge is 2.24. The number of benzene rings is 1. The van der Waals surface area contributed by atoms with Gasteiger partial charge in [-0.2, -0.15) is 0 Å². The lowest BCUT2D eigenvalue weighted by molar-refractivity contribution is -0.141. The van der Waals surface area contributed by atoms with Gasteiger partial charge in [-0.05, 0) is 13.0 Å². The maximum absolute atomic E-state index is 13.1. The number of hydrogen-bond acceptors (Lipinski definition) is 3. The highest BCUT2D eigenvalue weighted by molar-refractivity contribution is 6.32. The minimum atomic E-state index is -1.49. The molecule has 0 radical (unpaired) electrons. The van der Waals surface area contributed by atoms with Crippen LogP contribution in [0.15, 0.2) is 12.1 Å². The lowest BCUT2D eigenvalue weighted by atomic mass is 10.00. The minimum Gasteiger partial charge on any atom is -0.481 e. The predicted octanol–water partition coefficient (Wildman–Crippen LogP) is 1.66. The van der Waals surface area contributed by atoms with Crippen LogP contribution < -0.4 is 0 Å². The molecule has 2 atom stereocenters. The van der Waals surface area contributed by atoms with Gasteiger partial charge in [-0.3, -0.25) is 4.79 Å². The molecule has 0 aliphatic carbocycles. The summed E-state index contributed by atoms with van der Waals surface area (Å²) in [5, 5.41) is 27.6. The van der Waals surface area contributed by atoms with Gasteiger partial charge in [0.15, 0.2) is 0 Å². The van der Waals surface area contributed by atoms with Crippen LogP contribution in [0.2, 0.25) is 5.02 Å². The lowest BCUT2D eigenvalue weighted by Crippen LogP contribution is -2.22. The third-order valence-electron chi connectivity index (χ3n) is 2.42. The molecule has 3 N–H and O–H groups in total. The van der Waals surface area contributed by atoms with E-state index in [0.717, 1.165) is 6.07 Å². The minimum absolute atomic E-state index is 0.0121. The number of rotatable bonds is 4. The van der Waals surface area contributed by atoms with Crippen LogP contribution in [0.5, 0.6) is 0 Å². The number of aliphatic hydroxyl groups is 2. The van der Waals surface area contributed by atoms with Crippen LogP contribution in [0.4, 0.5) is 4.39 Å². The molecule has 0 saturated carbocycles. The first kappa shape index (κ1) is 13.9. The van der Waals surface area contributed by atoms with Crippen molar-refractivity contribution >= 4 is 17.6 Å². The molecular formula is C11H12ClFO4. The Hall–Kier alpha value is -1.17. The smallest absolute Gasteiger partial charge is 0.306 e. The number of carboxylic acid groups (broad SMARTS) is 1. The Morgan fingerprint density at radius 2 is 2.06 bits per heavy atom. The van der Waals surface area contributed by atoms with Gasteiger partial charge in [0, 0.05) is 11.1 Å². The molecule has 1 rings (SSSR count). The fourth-order valence-corrected chi connectivity index (χ4v) is 1.67. The molecule has 0 fully saturated rings. The first-order valence-corrected chi connectivity index (χ1v) is 5.24. The highest BCUT2D eigenvalue weighted by atomic mass is 35.5. The van der Waals surface area contributed by atoms with E-state index in [0.29, 0.717) is 0 Å². The maximum Gasteiger partial charge on any atom is 0.306 e. The molecule has 0 saturated heterocycles. The predicted molar refractivity (Wildman–Crippen MR) is 59.4 cm³/mol. The Labute approximate surface area is 102 Å². The summed E-state index contributed by atoms with van der Waals surface area (Å²) in [5.41, 5.74) is 0.255. The number of carboxylic acids is 1. The fraction of sp³-hybridized carbons (Fsp3) is 0.364. The number of aliphatic carboxylic acids is 1. The van der Waals surface area contributed by atoms with Gasteiger partial charge in [-0.25, -0.2) is 4.39 Å². The number of aliphatic hydroxyl groups excluding tert-OH is 2. The molecule has 0 spiro atoms. The molecule has 0 heterocycles. The van der Waals surface area contributed by atoms with Crippen molar-refractivity contribution in [3.8, 4) is 0 Å². The Morgan fingerprint density at radius 3 is 2.59 bits per heavy atom. The van der Waals surface area contributed by atoms with E-state index in [1.54, 1.807) is 0 Å². The van der Waals surface area contributed by atoms with Crippen molar-refractivity contribution < 1.29 is 24.5 Å². The van der Waals surface area contributed by atoms with Gasteiger partial charge in [0.1, 0.15) is 11.9 Å². The number of hydrogen-bond donors (Lipinski definition) is 3. The van der Waals surface area contributed by atoms with Crippen LogP contribution in [0.25, 0.3) is 0 Å². The van der Waals surface area contributed by atoms with Crippen molar-refractivity contribution in [3.63, 3.8) is 0 Å². The van der Waals surface area contributed by atoms with Crippen LogP contribution in [-0.2, 0) is 4.79 Å². The summed E-state index contributed by atoms with van der Waals surface area (Å²) in [6, 6.07) is 2.33. The second-order valence-electron chi connectivity index (χ2n) is 3.69. The van der Waals surface area contributed by atoms with Crippen molar-refractivity contribution in [3.05, 3.63) is 34.1 Å². The average molecular weight is 263 g/mol. The van der Waals surface area contributed by atoms with Gasteiger partial charge in [0.05, 0.1) is 17.5 Å². The van der Waals surface area contributed by atoms with E-state index in [-0.39, 0.29) is 16.1 Å². The van der Waals surface area contributed by atoms with E-state index >= 15 is 0 Å². The third kappa shape index (κ3) is 3.15. The summed E-state index contributed by atoms with van der Waals surface area (Å²) in [6.45, 7) is 1.43. The first-order chi connectivity index (χ1) is 7.84. The second-order valence-corrected chi connectivity index (χ2v) is 4.06. The van der Waals surface area contributed by atoms with Crippen molar-refractivity contribution in [2.75, 3.05) is 0 Å². The molecule has 1 aromatic carbocycles. The summed E-state index contributed by atoms with van der Waals surface area (Å²) in [4.78, 5) is 10.4. The summed E-state index contributed by atoms with van der Waals surface area (Å²) in [7, 11) is 0. The second kappa shape index (κ2) is 5.44. The molecule has 1 aromatic rings. The summed E-state index contributed by atoms with van der Waals surface area (Å²) >= 11 is 5.82. The van der Waals surface area contributed by atoms with Gasteiger partial charge in [0.25, 0.3) is 0 Å². The zero-order chi connectivity index (χ0) is 13.2. The lowest BCUT2D eigenvalue weighted by Gasteiger charge is -2.18. The van der Waals surface area contributed by atoms with Crippen LogP contribution in [-0.4, -0.2) is 27.4 Å². The third-order valence-corrected chi connectivity index (χ3v) is 2.92. The van der Waals surface area contributed by atoms with E-state index in [4.69, 9.17) is 16.7 Å². The van der Waals surface area contributed by atoms with Crippen molar-refractivity contribution in [1.29, 1.82) is 0 Å². The molecule has 0 aromatic heterocycles. The molecule has 17 heavy (non-hydrogen) atoms. The van der Waals surface area contributed by atoms with Gasteiger partial charge in [-0.1, -0.05) is 17.7 Å². The van der Waals surface area contributed by atoms with Crippen LogP contribution in [0, 0.1) is 12.7 Å². The van der Waals surface area contributed by atoms with Gasteiger partial charge >= 0.3 is 5.97 Å². The molecule has 0 bridgehead atoms. The van der Waals surface area contributed by atoms with Gasteiger partial charge in [0.2, 0.25) is 0 Å². The average Bonchev–Trinajstić information content (AvgIpc) is 2.24. The first-order valence-electron chi connectivity index (χ1n) is 4.87. The van der Waals surface area contributed by atoms with Crippen LogP contribution >= 0.6 is 11.6 Å². The standard InChI is InChI=1S/C11H12ClFO4/c1-5-7(13)3-2-6(10(5)12)11(17)8(14)4-9(15)16/h2-3,8,11,14,17H,4H2,1H3,(H,15,16). The zero-order valence-corrected chi connectivity index (χ0v) is 9.78. The largest absolute Gasteiger partial charge is 0.481 e. The monoisotopic (exact) mass is 262 g/mol. The molecule has 94 valence electrons. The number of carbonyl (C=O) groups is 1. The van der Waals surface area contributed by atoms with Gasteiger partial charge in [-0.15, -0.1) is 0 Å². The molecular weight excluding hydrogens is 251 g/mol. The molecule has 0 amide bonds. The molecule has 6 heteroatoms. The van der Waals surface area contributed by atoms with E-state index < -0.39 is 30.4 Å². The van der Waals surface area contributed by atoms with Crippen LogP contribution in [0.1, 0.15) is 23.7 Å². The normalized spacial score (nSPS) is 14.4. The summed E-state index contributed by atoms with van der Waals surface area (Å²) in [5.74, 6) is -1.77. The van der Waals surface area contributed by atoms with E-state index in [1.165, 1.54) is 13.0 Å². The quantitative estimate of drug-likeness (QED) is 0.771. The Bertz CT molecular complexity index is 436. The molecule has 0 aliphatic heterocycles. The van der Waals surface area contributed by atoms with E-state index in [1.807, 2.05) is 0 Å². The fourth-order valence-electron chi connectivity index (χ4n) is 1.41. The maximum atomic E-state index is 13.1. The van der Waals surface area contributed by atoms with Gasteiger partial charge < -0.3 is 15.3 Å². The molecule has 2 unspecified atom stereocenters. The molecule has 0 aliphatic rings. The topological polar surface area (TPSA) is 77.8 Å². The number of halogens is 2. The SMILES string of the molecule is Cc1c(F)ccc(C(O)C(O)CC(=O)O)c1Cl.